The van der Waals surface area contributed by atoms with Gasteiger partial charge in [0, 0.05) is 37.0 Å². The summed E-state index contributed by atoms with van der Waals surface area (Å²) in [6.45, 7) is 0.0914. The molecule has 6 nitrogen and oxygen atoms in total. The highest BCUT2D eigenvalue weighted by Crippen LogP contribution is 2.28. The van der Waals surface area contributed by atoms with E-state index in [0.29, 0.717) is 15.8 Å². The molecule has 0 radical (unpaired) electrons. The van der Waals surface area contributed by atoms with Crippen LogP contribution in [-0.4, -0.2) is 52.3 Å². The Hall–Kier alpha value is -1.50. The van der Waals surface area contributed by atoms with Crippen molar-refractivity contribution in [2.75, 3.05) is 19.7 Å². The number of aliphatic carboxylic acids is 1. The van der Waals surface area contributed by atoms with Crippen LogP contribution < -0.4 is 4.74 Å². The van der Waals surface area contributed by atoms with Crippen molar-refractivity contribution in [2.24, 2.45) is 0 Å². The zero-order valence-corrected chi connectivity index (χ0v) is 13.1. The van der Waals surface area contributed by atoms with Gasteiger partial charge >= 0.3 is 5.97 Å². The molecule has 1 aromatic rings. The first-order chi connectivity index (χ1) is 10.3. The average Bonchev–Trinajstić information content (AvgIpc) is 2.48. The Labute approximate surface area is 137 Å². The van der Waals surface area contributed by atoms with Crippen molar-refractivity contribution < 1.29 is 24.5 Å². The molecule has 0 atom stereocenters. The predicted octanol–water partition coefficient (Wildman–Crippen LogP) is 1.81. The lowest BCUT2D eigenvalue weighted by atomic mass is 9.92. The molecule has 8 heteroatoms. The molecule has 2 N–H and O–H groups in total. The second kappa shape index (κ2) is 6.73. The van der Waals surface area contributed by atoms with E-state index in [2.05, 4.69) is 0 Å². The summed E-state index contributed by atoms with van der Waals surface area (Å²) in [6.07, 6.45) is -0.0159. The average molecular weight is 348 g/mol. The molecule has 2 rings (SSSR count). The molecule has 1 heterocycles. The molecule has 0 unspecified atom stereocenters. The number of piperidine rings is 1. The molecule has 0 aromatic heterocycles. The molecule has 1 saturated heterocycles. The van der Waals surface area contributed by atoms with Gasteiger partial charge in [0.25, 0.3) is 5.91 Å². The Morgan fingerprint density at radius 3 is 2.50 bits per heavy atom. The Morgan fingerprint density at radius 1 is 1.27 bits per heavy atom. The molecule has 1 aliphatic rings. The Bertz CT molecular complexity index is 585. The number of carboxylic acids is 1. The second-order valence-corrected chi connectivity index (χ2v) is 5.92. The van der Waals surface area contributed by atoms with E-state index in [1.54, 1.807) is 12.1 Å². The number of hydrogen-bond acceptors (Lipinski definition) is 4. The lowest BCUT2D eigenvalue weighted by molar-refractivity contribution is -0.165. The van der Waals surface area contributed by atoms with Gasteiger partial charge in [-0.15, -0.1) is 0 Å². The SMILES string of the molecule is O=C(COc1cc(Cl)ccc1Cl)N1CCC(O)(C(=O)O)CC1. The zero-order chi connectivity index (χ0) is 16.3. The van der Waals surface area contributed by atoms with Crippen LogP contribution in [0.4, 0.5) is 0 Å². The van der Waals surface area contributed by atoms with Crippen molar-refractivity contribution in [1.82, 2.24) is 4.90 Å². The molecule has 1 fully saturated rings. The zero-order valence-electron chi connectivity index (χ0n) is 11.6. The van der Waals surface area contributed by atoms with Gasteiger partial charge < -0.3 is 19.8 Å². The van der Waals surface area contributed by atoms with Gasteiger partial charge in [0.05, 0.1) is 5.02 Å². The third-order valence-electron chi connectivity index (χ3n) is 3.59. The van der Waals surface area contributed by atoms with Crippen molar-refractivity contribution in [3.05, 3.63) is 28.2 Å². The van der Waals surface area contributed by atoms with E-state index in [-0.39, 0.29) is 38.4 Å². The minimum Gasteiger partial charge on any atom is -0.482 e. The highest BCUT2D eigenvalue weighted by atomic mass is 35.5. The number of benzene rings is 1. The van der Waals surface area contributed by atoms with Crippen LogP contribution >= 0.6 is 23.2 Å². The first kappa shape index (κ1) is 16.9. The van der Waals surface area contributed by atoms with Crippen LogP contribution in [-0.2, 0) is 9.59 Å². The summed E-state index contributed by atoms with van der Waals surface area (Å²) in [4.78, 5) is 24.4. The number of carbonyl (C=O) groups is 2. The maximum Gasteiger partial charge on any atom is 0.335 e. The molecule has 1 aromatic carbocycles. The largest absolute Gasteiger partial charge is 0.482 e. The summed E-state index contributed by atoms with van der Waals surface area (Å²) in [7, 11) is 0. The number of nitrogens with zero attached hydrogens (tertiary/aromatic N) is 1. The van der Waals surface area contributed by atoms with Gasteiger partial charge in [0.2, 0.25) is 0 Å². The Morgan fingerprint density at radius 2 is 1.91 bits per heavy atom. The quantitative estimate of drug-likeness (QED) is 0.867. The van der Waals surface area contributed by atoms with Crippen LogP contribution in [0.1, 0.15) is 12.8 Å². The molecule has 0 aliphatic carbocycles. The van der Waals surface area contributed by atoms with Crippen LogP contribution in [0.25, 0.3) is 0 Å². The van der Waals surface area contributed by atoms with Crippen LogP contribution in [0.3, 0.4) is 0 Å². The van der Waals surface area contributed by atoms with E-state index < -0.39 is 11.6 Å². The minimum atomic E-state index is -1.76. The number of ether oxygens (including phenoxy) is 1. The van der Waals surface area contributed by atoms with E-state index in [9.17, 15) is 14.7 Å². The maximum atomic E-state index is 12.0. The van der Waals surface area contributed by atoms with Crippen LogP contribution in [0, 0.1) is 0 Å². The van der Waals surface area contributed by atoms with Gasteiger partial charge in [-0.1, -0.05) is 23.2 Å². The topological polar surface area (TPSA) is 87.1 Å². The first-order valence-electron chi connectivity index (χ1n) is 6.63. The van der Waals surface area contributed by atoms with E-state index in [0.717, 1.165) is 0 Å². The van der Waals surface area contributed by atoms with Gasteiger partial charge in [-0.3, -0.25) is 4.79 Å². The number of hydrogen-bond donors (Lipinski definition) is 2. The summed E-state index contributed by atoms with van der Waals surface area (Å²) in [5.41, 5.74) is -1.76. The molecule has 120 valence electrons. The van der Waals surface area contributed by atoms with Crippen molar-refractivity contribution in [3.63, 3.8) is 0 Å². The highest BCUT2D eigenvalue weighted by molar-refractivity contribution is 6.34. The normalized spacial score (nSPS) is 17.1. The summed E-state index contributed by atoms with van der Waals surface area (Å²) < 4.78 is 5.35. The monoisotopic (exact) mass is 347 g/mol. The van der Waals surface area contributed by atoms with Crippen LogP contribution in [0.15, 0.2) is 18.2 Å². The smallest absolute Gasteiger partial charge is 0.335 e. The molecular formula is C14H15Cl2NO5. The Kier molecular flexibility index (Phi) is 5.16. The summed E-state index contributed by atoms with van der Waals surface area (Å²) >= 11 is 11.8. The fourth-order valence-corrected chi connectivity index (χ4v) is 2.49. The number of carboxylic acid groups (broad SMARTS) is 1. The number of aliphatic hydroxyl groups is 1. The lowest BCUT2D eigenvalue weighted by Gasteiger charge is -2.35. The fourth-order valence-electron chi connectivity index (χ4n) is 2.16. The van der Waals surface area contributed by atoms with E-state index in [1.165, 1.54) is 11.0 Å². The van der Waals surface area contributed by atoms with Gasteiger partial charge in [-0.25, -0.2) is 4.79 Å². The minimum absolute atomic E-state index is 0.00794. The second-order valence-electron chi connectivity index (χ2n) is 5.08. The molecule has 22 heavy (non-hydrogen) atoms. The third kappa shape index (κ3) is 3.82. The summed E-state index contributed by atoms with van der Waals surface area (Å²) in [5, 5.41) is 19.5. The van der Waals surface area contributed by atoms with Gasteiger partial charge in [0.1, 0.15) is 5.75 Å². The third-order valence-corrected chi connectivity index (χ3v) is 4.13. The van der Waals surface area contributed by atoms with Gasteiger partial charge in [0.15, 0.2) is 12.2 Å². The first-order valence-corrected chi connectivity index (χ1v) is 7.39. The van der Waals surface area contributed by atoms with Crippen molar-refractivity contribution in [1.29, 1.82) is 0 Å². The van der Waals surface area contributed by atoms with Crippen molar-refractivity contribution >= 4 is 35.1 Å². The predicted molar refractivity (Wildman–Crippen MR) is 80.4 cm³/mol. The Balaban J connectivity index is 1.89. The van der Waals surface area contributed by atoms with Crippen molar-refractivity contribution in [3.8, 4) is 5.75 Å². The molecule has 0 saturated carbocycles. The van der Waals surface area contributed by atoms with Crippen LogP contribution in [0.5, 0.6) is 5.75 Å². The molecule has 0 spiro atoms. The molecular weight excluding hydrogens is 333 g/mol. The lowest BCUT2D eigenvalue weighted by Crippen LogP contribution is -2.51. The van der Waals surface area contributed by atoms with Gasteiger partial charge in [-0.05, 0) is 12.1 Å². The van der Waals surface area contributed by atoms with E-state index >= 15 is 0 Å². The molecule has 1 aliphatic heterocycles. The van der Waals surface area contributed by atoms with E-state index in [4.69, 9.17) is 33.0 Å². The fraction of sp³-hybridized carbons (Fsp3) is 0.429. The number of amides is 1. The standard InChI is InChI=1S/C14H15Cl2NO5/c15-9-1-2-10(16)11(7-9)22-8-12(18)17-5-3-14(21,4-6-17)13(19)20/h1-2,7,21H,3-6,8H2,(H,19,20). The number of rotatable bonds is 4. The summed E-state index contributed by atoms with van der Waals surface area (Å²) in [6, 6.07) is 4.68. The summed E-state index contributed by atoms with van der Waals surface area (Å²) in [5.74, 6) is -1.26. The van der Waals surface area contributed by atoms with Crippen molar-refractivity contribution in [2.45, 2.75) is 18.4 Å². The number of halogens is 2. The maximum absolute atomic E-state index is 12.0. The molecule has 0 bridgehead atoms. The number of carbonyl (C=O) groups excluding carboxylic acids is 1. The van der Waals surface area contributed by atoms with Gasteiger partial charge in [-0.2, -0.15) is 0 Å². The highest BCUT2D eigenvalue weighted by Gasteiger charge is 2.40. The molecule has 1 amide bonds. The van der Waals surface area contributed by atoms with Crippen LogP contribution in [0.2, 0.25) is 10.0 Å². The number of likely N-dealkylation sites (tertiary alicyclic amines) is 1. The van der Waals surface area contributed by atoms with E-state index in [1.807, 2.05) is 0 Å².